The smallest absolute Gasteiger partial charge is 0.192 e. The minimum atomic E-state index is -0.120. The SMILES string of the molecule is CC1CN(C(N)=NC(C)(C)C)C(C)CO1. The summed E-state index contributed by atoms with van der Waals surface area (Å²) >= 11 is 0. The lowest BCUT2D eigenvalue weighted by Crippen LogP contribution is -2.53. The van der Waals surface area contributed by atoms with Gasteiger partial charge >= 0.3 is 0 Å². The normalized spacial score (nSPS) is 29.4. The molecule has 0 aromatic heterocycles. The molecule has 0 amide bonds. The van der Waals surface area contributed by atoms with Crippen molar-refractivity contribution in [1.82, 2.24) is 4.90 Å². The monoisotopic (exact) mass is 213 g/mol. The molecule has 0 aromatic carbocycles. The maximum atomic E-state index is 6.01. The highest BCUT2D eigenvalue weighted by molar-refractivity contribution is 5.79. The van der Waals surface area contributed by atoms with Gasteiger partial charge in [0.25, 0.3) is 0 Å². The third kappa shape index (κ3) is 3.70. The van der Waals surface area contributed by atoms with Crippen LogP contribution in [0.15, 0.2) is 4.99 Å². The molecule has 1 saturated heterocycles. The first-order valence-electron chi connectivity index (χ1n) is 5.53. The summed E-state index contributed by atoms with van der Waals surface area (Å²) in [7, 11) is 0. The Balaban J connectivity index is 2.73. The number of hydrogen-bond donors (Lipinski definition) is 1. The van der Waals surface area contributed by atoms with E-state index in [0.717, 1.165) is 13.2 Å². The molecule has 2 atom stereocenters. The molecule has 1 aliphatic rings. The van der Waals surface area contributed by atoms with Gasteiger partial charge in [-0.1, -0.05) is 0 Å². The van der Waals surface area contributed by atoms with E-state index < -0.39 is 0 Å². The summed E-state index contributed by atoms with van der Waals surface area (Å²) in [5.41, 5.74) is 5.89. The molecule has 4 heteroatoms. The van der Waals surface area contributed by atoms with Gasteiger partial charge < -0.3 is 15.4 Å². The van der Waals surface area contributed by atoms with Crippen molar-refractivity contribution in [2.75, 3.05) is 13.2 Å². The van der Waals surface area contributed by atoms with Gasteiger partial charge in [0.15, 0.2) is 5.96 Å². The predicted molar refractivity (Wildman–Crippen MR) is 63.0 cm³/mol. The Morgan fingerprint density at radius 3 is 2.53 bits per heavy atom. The summed E-state index contributed by atoms with van der Waals surface area (Å²) < 4.78 is 5.55. The van der Waals surface area contributed by atoms with Crippen LogP contribution in [0.5, 0.6) is 0 Å². The largest absolute Gasteiger partial charge is 0.375 e. The number of ether oxygens (including phenoxy) is 1. The van der Waals surface area contributed by atoms with Crippen molar-refractivity contribution in [3.8, 4) is 0 Å². The maximum Gasteiger partial charge on any atom is 0.192 e. The molecule has 2 unspecified atom stereocenters. The summed E-state index contributed by atoms with van der Waals surface area (Å²) in [6.45, 7) is 11.9. The number of nitrogens with two attached hydrogens (primary N) is 1. The van der Waals surface area contributed by atoms with Gasteiger partial charge in [-0.2, -0.15) is 0 Å². The minimum Gasteiger partial charge on any atom is -0.375 e. The van der Waals surface area contributed by atoms with Crippen molar-refractivity contribution in [2.24, 2.45) is 10.7 Å². The van der Waals surface area contributed by atoms with E-state index in [1.54, 1.807) is 0 Å². The number of morpholine rings is 1. The van der Waals surface area contributed by atoms with E-state index >= 15 is 0 Å². The van der Waals surface area contributed by atoms with E-state index in [4.69, 9.17) is 10.5 Å². The second kappa shape index (κ2) is 4.39. The van der Waals surface area contributed by atoms with Crippen LogP contribution in [-0.4, -0.2) is 41.7 Å². The second-order valence-electron chi connectivity index (χ2n) is 5.29. The molecule has 15 heavy (non-hydrogen) atoms. The van der Waals surface area contributed by atoms with Gasteiger partial charge in [-0.05, 0) is 34.6 Å². The number of aliphatic imine (C=N–C) groups is 1. The van der Waals surface area contributed by atoms with Crippen LogP contribution < -0.4 is 5.73 Å². The van der Waals surface area contributed by atoms with Crippen LogP contribution >= 0.6 is 0 Å². The summed E-state index contributed by atoms with van der Waals surface area (Å²) in [4.78, 5) is 6.61. The average Bonchev–Trinajstić information content (AvgIpc) is 2.06. The predicted octanol–water partition coefficient (Wildman–Crippen LogP) is 1.21. The van der Waals surface area contributed by atoms with Crippen LogP contribution in [0.25, 0.3) is 0 Å². The van der Waals surface area contributed by atoms with Gasteiger partial charge in [-0.15, -0.1) is 0 Å². The van der Waals surface area contributed by atoms with E-state index in [2.05, 4.69) is 44.5 Å². The van der Waals surface area contributed by atoms with Crippen LogP contribution in [0.2, 0.25) is 0 Å². The lowest BCUT2D eigenvalue weighted by molar-refractivity contribution is -0.0230. The molecule has 0 saturated carbocycles. The standard InChI is InChI=1S/C11H23N3O/c1-8-7-15-9(2)6-14(8)10(12)13-11(3,4)5/h8-9H,6-7H2,1-5H3,(H2,12,13). The summed E-state index contributed by atoms with van der Waals surface area (Å²) in [5.74, 6) is 0.630. The first-order valence-corrected chi connectivity index (χ1v) is 5.53. The van der Waals surface area contributed by atoms with Crippen molar-refractivity contribution < 1.29 is 4.74 Å². The fourth-order valence-corrected chi connectivity index (χ4v) is 1.63. The topological polar surface area (TPSA) is 50.8 Å². The molecular formula is C11H23N3O. The third-order valence-electron chi connectivity index (χ3n) is 2.35. The number of guanidine groups is 1. The molecule has 88 valence electrons. The van der Waals surface area contributed by atoms with Crippen LogP contribution in [0.4, 0.5) is 0 Å². The lowest BCUT2D eigenvalue weighted by Gasteiger charge is -2.38. The molecule has 4 nitrogen and oxygen atoms in total. The van der Waals surface area contributed by atoms with Gasteiger partial charge in [0, 0.05) is 6.54 Å². The van der Waals surface area contributed by atoms with E-state index in [1.165, 1.54) is 0 Å². The zero-order chi connectivity index (χ0) is 11.6. The van der Waals surface area contributed by atoms with E-state index in [0.29, 0.717) is 12.0 Å². The van der Waals surface area contributed by atoms with Crippen LogP contribution in [-0.2, 0) is 4.74 Å². The summed E-state index contributed by atoms with van der Waals surface area (Å²) in [6, 6.07) is 0.312. The van der Waals surface area contributed by atoms with Crippen LogP contribution in [0, 0.1) is 0 Å². The summed E-state index contributed by atoms with van der Waals surface area (Å²) in [6.07, 6.45) is 0.231. The van der Waals surface area contributed by atoms with Crippen molar-refractivity contribution in [2.45, 2.75) is 52.3 Å². The van der Waals surface area contributed by atoms with E-state index in [-0.39, 0.29) is 11.6 Å². The van der Waals surface area contributed by atoms with E-state index in [9.17, 15) is 0 Å². The van der Waals surface area contributed by atoms with Crippen LogP contribution in [0.3, 0.4) is 0 Å². The Labute approximate surface area is 92.5 Å². The molecule has 0 radical (unpaired) electrons. The zero-order valence-corrected chi connectivity index (χ0v) is 10.4. The molecule has 1 rings (SSSR count). The molecule has 0 bridgehead atoms. The Morgan fingerprint density at radius 1 is 1.40 bits per heavy atom. The molecule has 0 aliphatic carbocycles. The molecule has 2 N–H and O–H groups in total. The van der Waals surface area contributed by atoms with Gasteiger partial charge in [0.1, 0.15) is 0 Å². The molecule has 1 aliphatic heterocycles. The highest BCUT2D eigenvalue weighted by Gasteiger charge is 2.25. The van der Waals surface area contributed by atoms with Gasteiger partial charge in [0.05, 0.1) is 24.3 Å². The number of rotatable bonds is 0. The molecule has 0 spiro atoms. The van der Waals surface area contributed by atoms with Crippen molar-refractivity contribution in [3.63, 3.8) is 0 Å². The first kappa shape index (κ1) is 12.3. The van der Waals surface area contributed by atoms with Gasteiger partial charge in [-0.3, -0.25) is 0 Å². The maximum absolute atomic E-state index is 6.01. The quantitative estimate of drug-likeness (QED) is 0.486. The Bertz CT molecular complexity index is 245. The molecular weight excluding hydrogens is 190 g/mol. The lowest BCUT2D eigenvalue weighted by atomic mass is 10.1. The highest BCUT2D eigenvalue weighted by atomic mass is 16.5. The molecule has 0 aromatic rings. The average molecular weight is 213 g/mol. The second-order valence-corrected chi connectivity index (χ2v) is 5.29. The Morgan fingerprint density at radius 2 is 2.00 bits per heavy atom. The van der Waals surface area contributed by atoms with Crippen molar-refractivity contribution in [3.05, 3.63) is 0 Å². The van der Waals surface area contributed by atoms with E-state index in [1.807, 2.05) is 0 Å². The zero-order valence-electron chi connectivity index (χ0n) is 10.4. The highest BCUT2D eigenvalue weighted by Crippen LogP contribution is 2.13. The molecule has 1 heterocycles. The van der Waals surface area contributed by atoms with Crippen molar-refractivity contribution >= 4 is 5.96 Å². The fraction of sp³-hybridized carbons (Fsp3) is 0.909. The van der Waals surface area contributed by atoms with Gasteiger partial charge in [0.2, 0.25) is 0 Å². The number of hydrogen-bond acceptors (Lipinski definition) is 2. The Kier molecular flexibility index (Phi) is 3.60. The van der Waals surface area contributed by atoms with Crippen molar-refractivity contribution in [1.29, 1.82) is 0 Å². The minimum absolute atomic E-state index is 0.120. The van der Waals surface area contributed by atoms with Gasteiger partial charge in [-0.25, -0.2) is 4.99 Å². The Hall–Kier alpha value is -0.770. The third-order valence-corrected chi connectivity index (χ3v) is 2.35. The van der Waals surface area contributed by atoms with Crippen LogP contribution in [0.1, 0.15) is 34.6 Å². The number of nitrogens with zero attached hydrogens (tertiary/aromatic N) is 2. The first-order chi connectivity index (χ1) is 6.79. The fourth-order valence-electron chi connectivity index (χ4n) is 1.63. The summed E-state index contributed by atoms with van der Waals surface area (Å²) in [5, 5.41) is 0. The molecule has 1 fully saturated rings.